The smallest absolute Gasteiger partial charge is 0.188 e. The summed E-state index contributed by atoms with van der Waals surface area (Å²) in [6, 6.07) is 2.83. The highest BCUT2D eigenvalue weighted by atomic mass is 19.1. The van der Waals surface area contributed by atoms with Crippen molar-refractivity contribution in [1.29, 1.82) is 0 Å². The van der Waals surface area contributed by atoms with E-state index in [1.54, 1.807) is 6.08 Å². The van der Waals surface area contributed by atoms with E-state index in [1.165, 1.54) is 6.08 Å². The lowest BCUT2D eigenvalue weighted by Crippen LogP contribution is -1.99. The zero-order chi connectivity index (χ0) is 10.6. The topological polar surface area (TPSA) is 17.1 Å². The zero-order valence-electron chi connectivity index (χ0n) is 7.76. The lowest BCUT2D eigenvalue weighted by atomic mass is 10.1. The van der Waals surface area contributed by atoms with Crippen molar-refractivity contribution in [2.45, 2.75) is 13.3 Å². The number of rotatable bonds is 3. The number of allylic oxidation sites excluding steroid dienone is 2. The SMILES string of the molecule is CC/C=C/C(=O)c1cc(F)ccc1F. The number of hydrogen-bond donors (Lipinski definition) is 0. The molecule has 0 bridgehead atoms. The van der Waals surface area contributed by atoms with Gasteiger partial charge in [0.05, 0.1) is 5.56 Å². The van der Waals surface area contributed by atoms with Crippen LogP contribution in [-0.4, -0.2) is 5.78 Å². The number of ketones is 1. The largest absolute Gasteiger partial charge is 0.289 e. The van der Waals surface area contributed by atoms with E-state index >= 15 is 0 Å². The Kier molecular flexibility index (Phi) is 3.51. The van der Waals surface area contributed by atoms with Crippen molar-refractivity contribution in [3.05, 3.63) is 47.5 Å². The minimum absolute atomic E-state index is 0.227. The van der Waals surface area contributed by atoms with Gasteiger partial charge in [-0.15, -0.1) is 0 Å². The second kappa shape index (κ2) is 4.65. The maximum Gasteiger partial charge on any atom is 0.188 e. The van der Waals surface area contributed by atoms with Gasteiger partial charge in [-0.05, 0) is 30.7 Å². The first-order chi connectivity index (χ1) is 6.65. The van der Waals surface area contributed by atoms with Crippen LogP contribution < -0.4 is 0 Å². The van der Waals surface area contributed by atoms with Crippen molar-refractivity contribution in [3.8, 4) is 0 Å². The molecule has 0 saturated carbocycles. The molecular formula is C11H10F2O. The first-order valence-electron chi connectivity index (χ1n) is 4.31. The molecule has 0 atom stereocenters. The predicted molar refractivity (Wildman–Crippen MR) is 50.1 cm³/mol. The Balaban J connectivity index is 3.00. The molecule has 0 aliphatic heterocycles. The highest BCUT2D eigenvalue weighted by Crippen LogP contribution is 2.10. The molecule has 0 unspecified atom stereocenters. The van der Waals surface area contributed by atoms with Gasteiger partial charge >= 0.3 is 0 Å². The normalized spacial score (nSPS) is 10.8. The Morgan fingerprint density at radius 2 is 2.14 bits per heavy atom. The molecule has 0 aliphatic carbocycles. The number of benzene rings is 1. The van der Waals surface area contributed by atoms with E-state index in [2.05, 4.69) is 0 Å². The van der Waals surface area contributed by atoms with E-state index in [0.29, 0.717) is 6.42 Å². The van der Waals surface area contributed by atoms with Crippen LogP contribution in [0.5, 0.6) is 0 Å². The van der Waals surface area contributed by atoms with Gasteiger partial charge in [0.1, 0.15) is 11.6 Å². The number of carbonyl (C=O) groups is 1. The summed E-state index contributed by atoms with van der Waals surface area (Å²) in [5.41, 5.74) is -0.227. The van der Waals surface area contributed by atoms with Crippen LogP contribution >= 0.6 is 0 Å². The van der Waals surface area contributed by atoms with E-state index in [-0.39, 0.29) is 5.56 Å². The summed E-state index contributed by atoms with van der Waals surface area (Å²) in [4.78, 5) is 11.3. The molecule has 0 fully saturated rings. The molecule has 14 heavy (non-hydrogen) atoms. The molecule has 0 aromatic heterocycles. The molecule has 1 rings (SSSR count). The Morgan fingerprint density at radius 1 is 1.43 bits per heavy atom. The van der Waals surface area contributed by atoms with Gasteiger partial charge in [-0.2, -0.15) is 0 Å². The number of halogens is 2. The molecule has 3 heteroatoms. The van der Waals surface area contributed by atoms with Gasteiger partial charge in [-0.3, -0.25) is 4.79 Å². The lowest BCUT2D eigenvalue weighted by Gasteiger charge is -1.97. The third-order valence-electron chi connectivity index (χ3n) is 1.70. The van der Waals surface area contributed by atoms with Crippen molar-refractivity contribution >= 4 is 5.78 Å². The van der Waals surface area contributed by atoms with Crippen molar-refractivity contribution in [1.82, 2.24) is 0 Å². The summed E-state index contributed by atoms with van der Waals surface area (Å²) >= 11 is 0. The molecule has 0 saturated heterocycles. The number of carbonyl (C=O) groups excluding carboxylic acids is 1. The fraction of sp³-hybridized carbons (Fsp3) is 0.182. The first-order valence-corrected chi connectivity index (χ1v) is 4.31. The Hall–Kier alpha value is -1.51. The van der Waals surface area contributed by atoms with Gasteiger partial charge in [0.15, 0.2) is 5.78 Å². The summed E-state index contributed by atoms with van der Waals surface area (Å²) in [5, 5.41) is 0. The van der Waals surface area contributed by atoms with Crippen molar-refractivity contribution in [2.24, 2.45) is 0 Å². The number of hydrogen-bond acceptors (Lipinski definition) is 1. The van der Waals surface area contributed by atoms with Crippen LogP contribution in [0.25, 0.3) is 0 Å². The van der Waals surface area contributed by atoms with Crippen molar-refractivity contribution in [3.63, 3.8) is 0 Å². The molecule has 1 nitrogen and oxygen atoms in total. The van der Waals surface area contributed by atoms with E-state index in [1.807, 2.05) is 6.92 Å². The average Bonchev–Trinajstić information content (AvgIpc) is 2.18. The highest BCUT2D eigenvalue weighted by Gasteiger charge is 2.09. The van der Waals surface area contributed by atoms with Gasteiger partial charge < -0.3 is 0 Å². The summed E-state index contributed by atoms with van der Waals surface area (Å²) in [6.45, 7) is 1.85. The van der Waals surface area contributed by atoms with Crippen LogP contribution in [0.1, 0.15) is 23.7 Å². The van der Waals surface area contributed by atoms with E-state index < -0.39 is 17.4 Å². The maximum atomic E-state index is 13.0. The monoisotopic (exact) mass is 196 g/mol. The fourth-order valence-corrected chi connectivity index (χ4v) is 1.00. The van der Waals surface area contributed by atoms with Crippen LogP contribution in [0, 0.1) is 11.6 Å². The van der Waals surface area contributed by atoms with E-state index in [4.69, 9.17) is 0 Å². The first kappa shape index (κ1) is 10.6. The fourth-order valence-electron chi connectivity index (χ4n) is 1.00. The quantitative estimate of drug-likeness (QED) is 0.536. The molecule has 0 spiro atoms. The van der Waals surface area contributed by atoms with Gasteiger partial charge in [0.25, 0.3) is 0 Å². The molecule has 0 radical (unpaired) electrons. The van der Waals surface area contributed by atoms with Gasteiger partial charge in [0.2, 0.25) is 0 Å². The molecule has 1 aromatic carbocycles. The minimum atomic E-state index is -0.697. The standard InChI is InChI=1S/C11H10F2O/c1-2-3-4-11(14)9-7-8(12)5-6-10(9)13/h3-7H,2H2,1H3/b4-3+. The van der Waals surface area contributed by atoms with Crippen LogP contribution in [0.15, 0.2) is 30.4 Å². The van der Waals surface area contributed by atoms with Crippen LogP contribution in [-0.2, 0) is 0 Å². The molecule has 74 valence electrons. The van der Waals surface area contributed by atoms with Crippen molar-refractivity contribution in [2.75, 3.05) is 0 Å². The van der Waals surface area contributed by atoms with Gasteiger partial charge in [-0.25, -0.2) is 8.78 Å². The molecular weight excluding hydrogens is 186 g/mol. The molecule has 0 amide bonds. The molecule has 0 aliphatic rings. The summed E-state index contributed by atoms with van der Waals surface area (Å²) in [5.74, 6) is -1.82. The Morgan fingerprint density at radius 3 is 2.79 bits per heavy atom. The lowest BCUT2D eigenvalue weighted by molar-refractivity contribution is 0.104. The van der Waals surface area contributed by atoms with Crippen molar-refractivity contribution < 1.29 is 13.6 Å². The second-order valence-electron chi connectivity index (χ2n) is 2.80. The van der Waals surface area contributed by atoms with E-state index in [9.17, 15) is 13.6 Å². The Bertz CT molecular complexity index is 370. The summed E-state index contributed by atoms with van der Waals surface area (Å²) < 4.78 is 25.7. The van der Waals surface area contributed by atoms with Gasteiger partial charge in [0, 0.05) is 0 Å². The van der Waals surface area contributed by atoms with E-state index in [0.717, 1.165) is 18.2 Å². The average molecular weight is 196 g/mol. The molecule has 0 N–H and O–H groups in total. The van der Waals surface area contributed by atoms with Crippen LogP contribution in [0.4, 0.5) is 8.78 Å². The third kappa shape index (κ3) is 2.49. The molecule has 0 heterocycles. The third-order valence-corrected chi connectivity index (χ3v) is 1.70. The van der Waals surface area contributed by atoms with Crippen LogP contribution in [0.3, 0.4) is 0 Å². The second-order valence-corrected chi connectivity index (χ2v) is 2.80. The summed E-state index contributed by atoms with van der Waals surface area (Å²) in [6.07, 6.45) is 3.53. The minimum Gasteiger partial charge on any atom is -0.289 e. The van der Waals surface area contributed by atoms with Crippen LogP contribution in [0.2, 0.25) is 0 Å². The highest BCUT2D eigenvalue weighted by molar-refractivity contribution is 6.04. The van der Waals surface area contributed by atoms with Gasteiger partial charge in [-0.1, -0.05) is 13.0 Å². The Labute approximate surface area is 81.1 Å². The predicted octanol–water partition coefficient (Wildman–Crippen LogP) is 3.11. The molecule has 1 aromatic rings. The summed E-state index contributed by atoms with van der Waals surface area (Å²) in [7, 11) is 0. The zero-order valence-corrected chi connectivity index (χ0v) is 7.76. The maximum absolute atomic E-state index is 13.0.